The van der Waals surface area contributed by atoms with Crippen molar-refractivity contribution < 1.29 is 23.8 Å². The highest BCUT2D eigenvalue weighted by Crippen LogP contribution is 2.78. The molecule has 2 heterocycles. The molecule has 16 unspecified atom stereocenters. The number of rotatable bonds is 3. The number of carbonyl (C=O) groups is 2. The Bertz CT molecular complexity index is 1060. The number of hydrogen-bond acceptors (Lipinski definition) is 5. The molecule has 2 aliphatic heterocycles. The summed E-state index contributed by atoms with van der Waals surface area (Å²) in [5, 5.41) is 0. The van der Waals surface area contributed by atoms with E-state index in [0.717, 1.165) is 41.9 Å². The molecule has 8 rings (SSSR count). The molecular formula is C32H44O5. The van der Waals surface area contributed by atoms with Crippen molar-refractivity contribution in [3.05, 3.63) is 12.2 Å². The molecule has 5 nitrogen and oxygen atoms in total. The third-order valence-electron chi connectivity index (χ3n) is 12.3. The maximum Gasteiger partial charge on any atom is 0.310 e. The molecule has 5 saturated carbocycles. The molecule has 16 atom stereocenters. The van der Waals surface area contributed by atoms with Gasteiger partial charge in [-0.05, 0) is 138 Å². The highest BCUT2D eigenvalue weighted by Gasteiger charge is 2.78. The topological polar surface area (TPSA) is 61.8 Å². The van der Waals surface area contributed by atoms with E-state index in [2.05, 4.69) is 12.2 Å². The first kappa shape index (κ1) is 23.5. The lowest BCUT2D eigenvalue weighted by molar-refractivity contribution is -0.169. The van der Waals surface area contributed by atoms with Gasteiger partial charge in [-0.2, -0.15) is 0 Å². The van der Waals surface area contributed by atoms with Crippen LogP contribution in [0.25, 0.3) is 0 Å². The van der Waals surface area contributed by atoms with Gasteiger partial charge in [0, 0.05) is 6.42 Å². The normalized spacial score (nSPS) is 55.1. The Morgan fingerprint density at radius 2 is 1.22 bits per heavy atom. The number of allylic oxidation sites excluding steroid dienone is 2. The van der Waals surface area contributed by atoms with Crippen LogP contribution < -0.4 is 0 Å². The van der Waals surface area contributed by atoms with Crippen molar-refractivity contribution in [2.24, 2.45) is 82.9 Å². The summed E-state index contributed by atoms with van der Waals surface area (Å²) in [5.74, 6) is 7.64. The summed E-state index contributed by atoms with van der Waals surface area (Å²) < 4.78 is 18.8. The second-order valence-electron chi connectivity index (χ2n) is 16.1. The maximum atomic E-state index is 13.7. The first-order valence-corrected chi connectivity index (χ1v) is 15.2. The summed E-state index contributed by atoms with van der Waals surface area (Å²) >= 11 is 0. The molecule has 0 radical (unpaired) electrons. The standard InChI is InChI=1S/C32H44O5/c1-31(2,3)36-20(33)12-16-15-10-19(23(16)30(34)37-32(4,5)6)27-24(15)28-25-17-11-18(26(25)29(27)35-28)22-14-8-7-13(9-14)21(17)22/h7-8,13-19,21-29H,9-12H2,1-6H3. The Hall–Kier alpha value is -1.36. The van der Waals surface area contributed by atoms with Crippen LogP contribution in [0.4, 0.5) is 0 Å². The molecule has 0 spiro atoms. The lowest BCUT2D eigenvalue weighted by atomic mass is 9.53. The number of esters is 2. The fourth-order valence-electron chi connectivity index (χ4n) is 12.2. The van der Waals surface area contributed by atoms with E-state index in [9.17, 15) is 9.59 Å². The van der Waals surface area contributed by atoms with Crippen LogP contribution in [0.2, 0.25) is 0 Å². The smallest absolute Gasteiger partial charge is 0.310 e. The van der Waals surface area contributed by atoms with Crippen LogP contribution in [0.15, 0.2) is 12.2 Å². The summed E-state index contributed by atoms with van der Waals surface area (Å²) in [6, 6.07) is 0. The van der Waals surface area contributed by atoms with E-state index < -0.39 is 11.2 Å². The Morgan fingerprint density at radius 3 is 1.78 bits per heavy atom. The molecule has 0 N–H and O–H groups in total. The third-order valence-corrected chi connectivity index (χ3v) is 12.3. The molecule has 0 aromatic carbocycles. The summed E-state index contributed by atoms with van der Waals surface area (Å²) in [6.07, 6.45) is 9.93. The van der Waals surface area contributed by atoms with Crippen molar-refractivity contribution in [1.29, 1.82) is 0 Å². The summed E-state index contributed by atoms with van der Waals surface area (Å²) in [7, 11) is 0. The lowest BCUT2D eigenvalue weighted by Crippen LogP contribution is -2.53. The van der Waals surface area contributed by atoms with Gasteiger partial charge in [0.2, 0.25) is 0 Å². The van der Waals surface area contributed by atoms with E-state index in [1.807, 2.05) is 41.5 Å². The van der Waals surface area contributed by atoms with Crippen molar-refractivity contribution in [1.82, 2.24) is 0 Å². The fraction of sp³-hybridized carbons (Fsp3) is 0.875. The van der Waals surface area contributed by atoms with E-state index in [-0.39, 0.29) is 29.7 Å². The molecule has 0 aromatic rings. The highest BCUT2D eigenvalue weighted by molar-refractivity contribution is 5.77. The summed E-state index contributed by atoms with van der Waals surface area (Å²) in [4.78, 5) is 26.8. The zero-order chi connectivity index (χ0) is 25.8. The third kappa shape index (κ3) is 3.07. The van der Waals surface area contributed by atoms with Crippen molar-refractivity contribution in [3.63, 3.8) is 0 Å². The Labute approximate surface area is 221 Å². The zero-order valence-corrected chi connectivity index (χ0v) is 23.3. The van der Waals surface area contributed by atoms with Crippen LogP contribution in [0.1, 0.15) is 67.2 Å². The van der Waals surface area contributed by atoms with Gasteiger partial charge in [-0.3, -0.25) is 9.59 Å². The zero-order valence-electron chi connectivity index (χ0n) is 23.3. The molecule has 2 saturated heterocycles. The lowest BCUT2D eigenvalue weighted by Gasteiger charge is -2.49. The van der Waals surface area contributed by atoms with Gasteiger partial charge in [-0.15, -0.1) is 0 Å². The first-order valence-electron chi connectivity index (χ1n) is 15.2. The minimum absolute atomic E-state index is 0.00844. The molecule has 202 valence electrons. The van der Waals surface area contributed by atoms with E-state index in [1.165, 1.54) is 12.8 Å². The fourth-order valence-corrected chi connectivity index (χ4v) is 12.2. The van der Waals surface area contributed by atoms with Gasteiger partial charge >= 0.3 is 11.9 Å². The van der Waals surface area contributed by atoms with Gasteiger partial charge in [0.05, 0.1) is 18.1 Å². The molecule has 0 aromatic heterocycles. The molecule has 5 heteroatoms. The average molecular weight is 509 g/mol. The molecule has 8 aliphatic rings. The highest BCUT2D eigenvalue weighted by atomic mass is 16.6. The Kier molecular flexibility index (Phi) is 4.60. The second-order valence-corrected chi connectivity index (χ2v) is 16.1. The van der Waals surface area contributed by atoms with E-state index in [1.54, 1.807) is 0 Å². The van der Waals surface area contributed by atoms with Crippen molar-refractivity contribution in [2.45, 2.75) is 90.6 Å². The number of ether oxygens (including phenoxy) is 3. The minimum Gasteiger partial charge on any atom is -0.460 e. The number of carbonyl (C=O) groups excluding carboxylic acids is 2. The van der Waals surface area contributed by atoms with Gasteiger partial charge in [-0.25, -0.2) is 0 Å². The van der Waals surface area contributed by atoms with Gasteiger partial charge in [0.15, 0.2) is 0 Å². The molecule has 8 bridgehead atoms. The quantitative estimate of drug-likeness (QED) is 0.295. The van der Waals surface area contributed by atoms with Gasteiger partial charge < -0.3 is 14.2 Å². The van der Waals surface area contributed by atoms with Crippen LogP contribution in [-0.4, -0.2) is 35.3 Å². The van der Waals surface area contributed by atoms with E-state index >= 15 is 0 Å². The predicted octanol–water partition coefficient (Wildman–Crippen LogP) is 5.28. The SMILES string of the molecule is CC(C)(C)OC(=O)CC1C2CC(C1C(=O)OC(C)(C)C)C1C3OC(C21)C1C2CC(C4C5C=CC(C5)C24)C31. The average Bonchev–Trinajstić information content (AvgIpc) is 3.60. The van der Waals surface area contributed by atoms with Crippen molar-refractivity contribution >= 4 is 11.9 Å². The van der Waals surface area contributed by atoms with Gasteiger partial charge in [-0.1, -0.05) is 12.2 Å². The number of hydrogen-bond donors (Lipinski definition) is 0. The van der Waals surface area contributed by atoms with Crippen molar-refractivity contribution in [3.8, 4) is 0 Å². The second kappa shape index (κ2) is 7.23. The molecule has 37 heavy (non-hydrogen) atoms. The molecule has 6 aliphatic carbocycles. The van der Waals surface area contributed by atoms with Crippen LogP contribution in [0, 0.1) is 82.9 Å². The minimum atomic E-state index is -0.528. The molecule has 0 amide bonds. The van der Waals surface area contributed by atoms with Crippen molar-refractivity contribution in [2.75, 3.05) is 0 Å². The van der Waals surface area contributed by atoms with Crippen LogP contribution in [0.3, 0.4) is 0 Å². The van der Waals surface area contributed by atoms with Gasteiger partial charge in [0.25, 0.3) is 0 Å². The van der Waals surface area contributed by atoms with Crippen LogP contribution in [-0.2, 0) is 23.8 Å². The molecular weight excluding hydrogens is 464 g/mol. The van der Waals surface area contributed by atoms with Crippen LogP contribution in [0.5, 0.6) is 0 Å². The summed E-state index contributed by atoms with van der Waals surface area (Å²) in [6.45, 7) is 11.6. The largest absolute Gasteiger partial charge is 0.460 e. The Balaban J connectivity index is 1.10. The predicted molar refractivity (Wildman–Crippen MR) is 137 cm³/mol. The van der Waals surface area contributed by atoms with Crippen LogP contribution >= 0.6 is 0 Å². The van der Waals surface area contributed by atoms with Gasteiger partial charge in [0.1, 0.15) is 11.2 Å². The van der Waals surface area contributed by atoms with E-state index in [0.29, 0.717) is 48.2 Å². The monoisotopic (exact) mass is 508 g/mol. The first-order chi connectivity index (χ1) is 17.4. The Morgan fingerprint density at radius 1 is 0.703 bits per heavy atom. The molecule has 7 fully saturated rings. The maximum absolute atomic E-state index is 13.7. The number of fused-ring (bicyclic) bond motifs is 23. The van der Waals surface area contributed by atoms with E-state index in [4.69, 9.17) is 14.2 Å². The summed E-state index contributed by atoms with van der Waals surface area (Å²) in [5.41, 5.74) is -1.05.